The second-order valence-corrected chi connectivity index (χ2v) is 4.49. The van der Waals surface area contributed by atoms with E-state index in [1.54, 1.807) is 0 Å². The molecule has 90 valence electrons. The summed E-state index contributed by atoms with van der Waals surface area (Å²) in [5.41, 5.74) is 1.25. The van der Waals surface area contributed by atoms with Gasteiger partial charge in [0.05, 0.1) is 6.61 Å². The van der Waals surface area contributed by atoms with Gasteiger partial charge in [0.25, 0.3) is 0 Å². The molecule has 0 saturated carbocycles. The first-order valence-electron chi connectivity index (χ1n) is 6.15. The predicted octanol–water partition coefficient (Wildman–Crippen LogP) is 4.48. The van der Waals surface area contributed by atoms with Crippen LogP contribution in [0.4, 0.5) is 0 Å². The summed E-state index contributed by atoms with van der Waals surface area (Å²) >= 11 is 5.90. The number of ether oxygens (including phenoxy) is 1. The standard InChI is InChI=1S/C14H21ClO/c1-2-3-4-5-10-16-11-9-13-7-6-8-14(15)12-13/h6-8,12H,2-5,9-11H2,1H3. The van der Waals surface area contributed by atoms with E-state index >= 15 is 0 Å². The summed E-state index contributed by atoms with van der Waals surface area (Å²) in [6.45, 7) is 3.91. The maximum atomic E-state index is 5.90. The maximum absolute atomic E-state index is 5.90. The molecule has 1 aromatic carbocycles. The Bertz CT molecular complexity index is 286. The average molecular weight is 241 g/mol. The molecule has 0 heterocycles. The van der Waals surface area contributed by atoms with E-state index in [1.165, 1.54) is 31.2 Å². The summed E-state index contributed by atoms with van der Waals surface area (Å²) in [4.78, 5) is 0. The third-order valence-corrected chi connectivity index (χ3v) is 2.80. The molecule has 1 nitrogen and oxygen atoms in total. The van der Waals surface area contributed by atoms with Crippen molar-refractivity contribution in [1.82, 2.24) is 0 Å². The van der Waals surface area contributed by atoms with Gasteiger partial charge in [0.1, 0.15) is 0 Å². The Morgan fingerprint density at radius 2 is 2.00 bits per heavy atom. The van der Waals surface area contributed by atoms with Gasteiger partial charge < -0.3 is 4.74 Å². The molecule has 2 heteroatoms. The Hall–Kier alpha value is -0.530. The van der Waals surface area contributed by atoms with Crippen LogP contribution in [0.2, 0.25) is 5.02 Å². The van der Waals surface area contributed by atoms with E-state index in [2.05, 4.69) is 13.0 Å². The highest BCUT2D eigenvalue weighted by molar-refractivity contribution is 6.30. The van der Waals surface area contributed by atoms with Crippen molar-refractivity contribution in [3.05, 3.63) is 34.9 Å². The second-order valence-electron chi connectivity index (χ2n) is 4.05. The molecule has 0 radical (unpaired) electrons. The van der Waals surface area contributed by atoms with E-state index in [4.69, 9.17) is 16.3 Å². The third kappa shape index (κ3) is 6.14. The quantitative estimate of drug-likeness (QED) is 0.609. The summed E-state index contributed by atoms with van der Waals surface area (Å²) in [6, 6.07) is 7.98. The molecule has 0 atom stereocenters. The Labute approximate surface area is 104 Å². The Kier molecular flexibility index (Phi) is 7.28. The topological polar surface area (TPSA) is 9.23 Å². The molecule has 0 fully saturated rings. The molecule has 0 N–H and O–H groups in total. The number of hydrogen-bond acceptors (Lipinski definition) is 1. The first-order chi connectivity index (χ1) is 7.83. The van der Waals surface area contributed by atoms with E-state index < -0.39 is 0 Å². The Morgan fingerprint density at radius 1 is 1.12 bits per heavy atom. The lowest BCUT2D eigenvalue weighted by Gasteiger charge is -2.04. The highest BCUT2D eigenvalue weighted by Gasteiger charge is 1.95. The minimum atomic E-state index is 0.798. The molecular formula is C14H21ClO. The van der Waals surface area contributed by atoms with Crippen molar-refractivity contribution in [2.24, 2.45) is 0 Å². The van der Waals surface area contributed by atoms with Crippen LogP contribution in [0.5, 0.6) is 0 Å². The van der Waals surface area contributed by atoms with Crippen molar-refractivity contribution in [2.45, 2.75) is 39.0 Å². The van der Waals surface area contributed by atoms with Gasteiger partial charge in [-0.05, 0) is 30.5 Å². The van der Waals surface area contributed by atoms with Crippen LogP contribution in [0, 0.1) is 0 Å². The van der Waals surface area contributed by atoms with Gasteiger partial charge in [0.2, 0.25) is 0 Å². The molecule has 0 unspecified atom stereocenters. The molecule has 0 amide bonds. The molecule has 0 aliphatic rings. The van der Waals surface area contributed by atoms with Gasteiger partial charge in [0.15, 0.2) is 0 Å². The zero-order valence-electron chi connectivity index (χ0n) is 10.0. The number of halogens is 1. The van der Waals surface area contributed by atoms with Gasteiger partial charge in [-0.25, -0.2) is 0 Å². The van der Waals surface area contributed by atoms with Gasteiger partial charge in [-0.3, -0.25) is 0 Å². The fraction of sp³-hybridized carbons (Fsp3) is 0.571. The van der Waals surface area contributed by atoms with E-state index in [0.29, 0.717) is 0 Å². The van der Waals surface area contributed by atoms with Gasteiger partial charge in [-0.15, -0.1) is 0 Å². The largest absolute Gasteiger partial charge is 0.381 e. The van der Waals surface area contributed by atoms with Gasteiger partial charge >= 0.3 is 0 Å². The smallest absolute Gasteiger partial charge is 0.0506 e. The number of unbranched alkanes of at least 4 members (excludes halogenated alkanes) is 3. The van der Waals surface area contributed by atoms with Crippen LogP contribution in [0.3, 0.4) is 0 Å². The van der Waals surface area contributed by atoms with Gasteiger partial charge in [-0.2, -0.15) is 0 Å². The van der Waals surface area contributed by atoms with E-state index in [0.717, 1.165) is 24.7 Å². The zero-order valence-corrected chi connectivity index (χ0v) is 10.8. The maximum Gasteiger partial charge on any atom is 0.0506 e. The fourth-order valence-corrected chi connectivity index (χ4v) is 1.83. The monoisotopic (exact) mass is 240 g/mol. The molecule has 0 spiro atoms. The lowest BCUT2D eigenvalue weighted by atomic mass is 10.2. The van der Waals surface area contributed by atoms with Crippen LogP contribution in [0.25, 0.3) is 0 Å². The van der Waals surface area contributed by atoms with Crippen molar-refractivity contribution < 1.29 is 4.74 Å². The average Bonchev–Trinajstić information content (AvgIpc) is 2.28. The number of benzene rings is 1. The molecule has 0 aliphatic carbocycles. The predicted molar refractivity (Wildman–Crippen MR) is 70.1 cm³/mol. The van der Waals surface area contributed by atoms with Gasteiger partial charge in [0, 0.05) is 11.6 Å². The molecule has 1 aromatic rings. The van der Waals surface area contributed by atoms with E-state index in [9.17, 15) is 0 Å². The van der Waals surface area contributed by atoms with Crippen LogP contribution >= 0.6 is 11.6 Å². The molecule has 16 heavy (non-hydrogen) atoms. The summed E-state index contributed by atoms with van der Waals surface area (Å²) < 4.78 is 5.58. The van der Waals surface area contributed by atoms with Crippen LogP contribution in [-0.4, -0.2) is 13.2 Å². The fourth-order valence-electron chi connectivity index (χ4n) is 1.62. The number of rotatable bonds is 8. The van der Waals surface area contributed by atoms with Crippen molar-refractivity contribution >= 4 is 11.6 Å². The first-order valence-corrected chi connectivity index (χ1v) is 6.53. The second kappa shape index (κ2) is 8.60. The summed E-state index contributed by atoms with van der Waals surface area (Å²) in [6.07, 6.45) is 6.02. The van der Waals surface area contributed by atoms with Crippen molar-refractivity contribution in [2.75, 3.05) is 13.2 Å². The van der Waals surface area contributed by atoms with Crippen LogP contribution < -0.4 is 0 Å². The third-order valence-electron chi connectivity index (χ3n) is 2.57. The van der Waals surface area contributed by atoms with Crippen LogP contribution in [0.15, 0.2) is 24.3 Å². The van der Waals surface area contributed by atoms with E-state index in [1.807, 2.05) is 18.2 Å². The van der Waals surface area contributed by atoms with E-state index in [-0.39, 0.29) is 0 Å². The normalized spacial score (nSPS) is 10.6. The molecule has 0 aliphatic heterocycles. The molecule has 0 aromatic heterocycles. The van der Waals surface area contributed by atoms with Crippen molar-refractivity contribution in [3.8, 4) is 0 Å². The minimum Gasteiger partial charge on any atom is -0.381 e. The molecular weight excluding hydrogens is 220 g/mol. The lowest BCUT2D eigenvalue weighted by molar-refractivity contribution is 0.133. The highest BCUT2D eigenvalue weighted by Crippen LogP contribution is 2.11. The van der Waals surface area contributed by atoms with Crippen LogP contribution in [-0.2, 0) is 11.2 Å². The lowest BCUT2D eigenvalue weighted by Crippen LogP contribution is -2.00. The molecule has 0 saturated heterocycles. The number of hydrogen-bond donors (Lipinski definition) is 0. The first kappa shape index (κ1) is 13.5. The van der Waals surface area contributed by atoms with Crippen molar-refractivity contribution in [1.29, 1.82) is 0 Å². The zero-order chi connectivity index (χ0) is 11.6. The summed E-state index contributed by atoms with van der Waals surface area (Å²) in [5, 5.41) is 0.806. The minimum absolute atomic E-state index is 0.798. The van der Waals surface area contributed by atoms with Gasteiger partial charge in [-0.1, -0.05) is 49.9 Å². The molecule has 0 bridgehead atoms. The molecule has 1 rings (SSSR count). The summed E-state index contributed by atoms with van der Waals surface area (Å²) in [5.74, 6) is 0. The summed E-state index contributed by atoms with van der Waals surface area (Å²) in [7, 11) is 0. The SMILES string of the molecule is CCCCCCOCCc1cccc(Cl)c1. The Balaban J connectivity index is 2.03. The van der Waals surface area contributed by atoms with Crippen molar-refractivity contribution in [3.63, 3.8) is 0 Å². The highest BCUT2D eigenvalue weighted by atomic mass is 35.5. The Morgan fingerprint density at radius 3 is 2.75 bits per heavy atom. The van der Waals surface area contributed by atoms with Crippen LogP contribution in [0.1, 0.15) is 38.2 Å².